The minimum Gasteiger partial charge on any atom is -0.466 e. The molecule has 6 nitrogen and oxygen atoms in total. The smallest absolute Gasteiger partial charge is 0.307 e. The van der Waals surface area contributed by atoms with Crippen molar-refractivity contribution in [3.63, 3.8) is 0 Å². The predicted molar refractivity (Wildman–Crippen MR) is 91.0 cm³/mol. The third-order valence-corrected chi connectivity index (χ3v) is 4.63. The lowest BCUT2D eigenvalue weighted by molar-refractivity contribution is -0.143. The lowest BCUT2D eigenvalue weighted by Crippen LogP contribution is -2.32. The summed E-state index contributed by atoms with van der Waals surface area (Å²) < 4.78 is 6.65. The van der Waals surface area contributed by atoms with Gasteiger partial charge in [-0.3, -0.25) is 14.3 Å². The van der Waals surface area contributed by atoms with Gasteiger partial charge in [0.05, 0.1) is 25.3 Å². The third kappa shape index (κ3) is 5.84. The van der Waals surface area contributed by atoms with E-state index in [0.29, 0.717) is 19.6 Å². The molecule has 0 bridgehead atoms. The maximum Gasteiger partial charge on any atom is 0.307 e. The van der Waals surface area contributed by atoms with Gasteiger partial charge in [0.25, 0.3) is 0 Å². The molecule has 0 amide bonds. The number of hydrogen-bond acceptors (Lipinski definition) is 6. The third-order valence-electron chi connectivity index (χ3n) is 3.48. The fourth-order valence-corrected chi connectivity index (χ4v) is 3.39. The lowest BCUT2D eigenvalue weighted by atomic mass is 10.0. The van der Waals surface area contributed by atoms with E-state index in [1.54, 1.807) is 18.5 Å². The number of esters is 1. The van der Waals surface area contributed by atoms with Crippen molar-refractivity contribution in [3.05, 3.63) is 23.5 Å². The van der Waals surface area contributed by atoms with E-state index in [2.05, 4.69) is 10.4 Å². The van der Waals surface area contributed by atoms with Crippen molar-refractivity contribution >= 4 is 28.9 Å². The summed E-state index contributed by atoms with van der Waals surface area (Å²) in [4.78, 5) is 22.7. The summed E-state index contributed by atoms with van der Waals surface area (Å²) in [6.07, 6.45) is 5.15. The zero-order valence-electron chi connectivity index (χ0n) is 13.6. The van der Waals surface area contributed by atoms with Crippen LogP contribution in [0.25, 0.3) is 6.08 Å². The van der Waals surface area contributed by atoms with Gasteiger partial charge in [-0.2, -0.15) is 5.10 Å². The average molecular weight is 337 g/mol. The van der Waals surface area contributed by atoms with Crippen LogP contribution in [0.2, 0.25) is 0 Å². The topological polar surface area (TPSA) is 73.2 Å². The first-order valence-electron chi connectivity index (χ1n) is 7.86. The Hall–Kier alpha value is -1.60. The van der Waals surface area contributed by atoms with Crippen LogP contribution in [-0.4, -0.2) is 45.8 Å². The van der Waals surface area contributed by atoms with Crippen molar-refractivity contribution in [3.8, 4) is 0 Å². The van der Waals surface area contributed by atoms with Gasteiger partial charge in [0, 0.05) is 24.9 Å². The molecule has 0 aromatic carbocycles. The summed E-state index contributed by atoms with van der Waals surface area (Å²) in [6.45, 7) is 6.01. The summed E-state index contributed by atoms with van der Waals surface area (Å²) in [5, 5.41) is 8.15. The zero-order valence-corrected chi connectivity index (χ0v) is 14.4. The number of piperidine rings is 1. The van der Waals surface area contributed by atoms with Crippen molar-refractivity contribution in [1.29, 1.82) is 0 Å². The predicted octanol–water partition coefficient (Wildman–Crippen LogP) is 1.86. The monoisotopic (exact) mass is 337 g/mol. The van der Waals surface area contributed by atoms with E-state index in [1.807, 2.05) is 18.3 Å². The highest BCUT2D eigenvalue weighted by Gasteiger charge is 2.21. The number of aryl methyl sites for hydroxylation is 1. The minimum atomic E-state index is -0.211. The van der Waals surface area contributed by atoms with Crippen LogP contribution < -0.4 is 5.32 Å². The Kier molecular flexibility index (Phi) is 6.85. The number of rotatable bonds is 6. The first-order valence-corrected chi connectivity index (χ1v) is 8.74. The number of ether oxygens (including phenoxy) is 1. The molecule has 0 saturated carbocycles. The molecule has 1 atom stereocenters. The molecule has 1 aliphatic heterocycles. The second kappa shape index (κ2) is 8.88. The number of nitrogens with zero attached hydrogens (tertiary/aromatic N) is 2. The largest absolute Gasteiger partial charge is 0.466 e. The van der Waals surface area contributed by atoms with Crippen LogP contribution in [0.1, 0.15) is 32.4 Å². The molecule has 1 aliphatic rings. The highest BCUT2D eigenvalue weighted by Crippen LogP contribution is 2.26. The molecular weight excluding hydrogens is 314 g/mol. The number of nitrogens with one attached hydrogen (secondary N) is 1. The number of carbonyl (C=O) groups excluding carboxylic acids is 2. The van der Waals surface area contributed by atoms with E-state index >= 15 is 0 Å². The molecule has 1 saturated heterocycles. The van der Waals surface area contributed by atoms with Gasteiger partial charge in [-0.15, -0.1) is 0 Å². The van der Waals surface area contributed by atoms with Gasteiger partial charge >= 0.3 is 5.97 Å². The normalized spacial score (nSPS) is 19.7. The number of aromatic nitrogens is 2. The standard InChI is InChI=1S/C16H23N3O3S/c1-3-22-16(21)6-9-19-8-5-14(18-19)10-13-11-17-7-4-15(13)23-12(2)20/h5,8,10,15,17H,3-4,6-7,9,11H2,1-2H3/t15-/m0/s1. The van der Waals surface area contributed by atoms with Gasteiger partial charge in [0.15, 0.2) is 5.12 Å². The Balaban J connectivity index is 1.98. The van der Waals surface area contributed by atoms with E-state index in [1.165, 1.54) is 17.3 Å². The molecule has 0 spiro atoms. The molecule has 23 heavy (non-hydrogen) atoms. The van der Waals surface area contributed by atoms with E-state index < -0.39 is 0 Å². The van der Waals surface area contributed by atoms with Crippen molar-refractivity contribution in [2.24, 2.45) is 0 Å². The van der Waals surface area contributed by atoms with Gasteiger partial charge < -0.3 is 10.1 Å². The van der Waals surface area contributed by atoms with Crippen molar-refractivity contribution < 1.29 is 14.3 Å². The lowest BCUT2D eigenvalue weighted by Gasteiger charge is -2.24. The number of hydrogen-bond donors (Lipinski definition) is 1. The van der Waals surface area contributed by atoms with Gasteiger partial charge in [-0.05, 0) is 37.6 Å². The molecular formula is C16H23N3O3S. The van der Waals surface area contributed by atoms with Crippen LogP contribution in [0.4, 0.5) is 0 Å². The fourth-order valence-electron chi connectivity index (χ4n) is 2.45. The molecule has 2 rings (SSSR count). The van der Waals surface area contributed by atoms with Gasteiger partial charge in [-0.1, -0.05) is 11.8 Å². The summed E-state index contributed by atoms with van der Waals surface area (Å²) >= 11 is 1.39. The van der Waals surface area contributed by atoms with Crippen LogP contribution in [0.5, 0.6) is 0 Å². The summed E-state index contributed by atoms with van der Waals surface area (Å²) in [6, 6.07) is 1.92. The van der Waals surface area contributed by atoms with Crippen LogP contribution in [0.3, 0.4) is 0 Å². The van der Waals surface area contributed by atoms with Crippen LogP contribution >= 0.6 is 11.8 Å². The van der Waals surface area contributed by atoms with Gasteiger partial charge in [0.1, 0.15) is 0 Å². The minimum absolute atomic E-state index is 0.141. The summed E-state index contributed by atoms with van der Waals surface area (Å²) in [5.74, 6) is -0.211. The maximum absolute atomic E-state index is 11.4. The van der Waals surface area contributed by atoms with Crippen LogP contribution in [0.15, 0.2) is 17.8 Å². The average Bonchev–Trinajstić information content (AvgIpc) is 2.95. The molecule has 0 aliphatic carbocycles. The highest BCUT2D eigenvalue weighted by molar-refractivity contribution is 8.14. The first-order chi connectivity index (χ1) is 11.1. The molecule has 1 aromatic heterocycles. The molecule has 2 heterocycles. The second-order valence-corrected chi connectivity index (χ2v) is 6.72. The van der Waals surface area contributed by atoms with Crippen LogP contribution in [-0.2, 0) is 20.9 Å². The van der Waals surface area contributed by atoms with Crippen molar-refractivity contribution in [1.82, 2.24) is 15.1 Å². The number of thioether (sulfide) groups is 1. The summed E-state index contributed by atoms with van der Waals surface area (Å²) in [5.41, 5.74) is 2.04. The molecule has 7 heteroatoms. The Morgan fingerprint density at radius 2 is 2.39 bits per heavy atom. The maximum atomic E-state index is 11.4. The Morgan fingerprint density at radius 3 is 3.13 bits per heavy atom. The quantitative estimate of drug-likeness (QED) is 0.799. The Labute approximate surface area is 140 Å². The molecule has 1 aromatic rings. The zero-order chi connectivity index (χ0) is 16.7. The second-order valence-electron chi connectivity index (χ2n) is 5.34. The Bertz CT molecular complexity index is 583. The van der Waals surface area contributed by atoms with Gasteiger partial charge in [0.2, 0.25) is 0 Å². The number of carbonyl (C=O) groups is 2. The van der Waals surface area contributed by atoms with Gasteiger partial charge in [-0.25, -0.2) is 0 Å². The fraction of sp³-hybridized carbons (Fsp3) is 0.562. The highest BCUT2D eigenvalue weighted by atomic mass is 32.2. The summed E-state index contributed by atoms with van der Waals surface area (Å²) in [7, 11) is 0. The van der Waals surface area contributed by atoms with Crippen LogP contribution in [0, 0.1) is 0 Å². The molecule has 0 radical (unpaired) electrons. The molecule has 1 N–H and O–H groups in total. The van der Waals surface area contributed by atoms with Crippen molar-refractivity contribution in [2.45, 2.75) is 38.5 Å². The van der Waals surface area contributed by atoms with Crippen molar-refractivity contribution in [2.75, 3.05) is 19.7 Å². The molecule has 126 valence electrons. The SMILES string of the molecule is CCOC(=O)CCn1ccc(C=C2CNCC[C@@H]2SC(C)=O)n1. The van der Waals surface area contributed by atoms with E-state index in [0.717, 1.165) is 25.2 Å². The molecule has 1 fully saturated rings. The molecule has 0 unspecified atom stereocenters. The Morgan fingerprint density at radius 1 is 1.57 bits per heavy atom. The van der Waals surface area contributed by atoms with E-state index in [-0.39, 0.29) is 16.3 Å². The van der Waals surface area contributed by atoms with E-state index in [9.17, 15) is 9.59 Å². The van der Waals surface area contributed by atoms with E-state index in [4.69, 9.17) is 4.74 Å². The first kappa shape index (κ1) is 17.7.